The highest BCUT2D eigenvalue weighted by molar-refractivity contribution is 6.31. The number of rotatable bonds is 5. The maximum Gasteiger partial charge on any atom is 0.261 e. The number of nitrogens with zero attached hydrogens (tertiary/aromatic N) is 3. The zero-order valence-electron chi connectivity index (χ0n) is 14.0. The van der Waals surface area contributed by atoms with E-state index in [1.165, 1.54) is 0 Å². The van der Waals surface area contributed by atoms with Gasteiger partial charge >= 0.3 is 0 Å². The Morgan fingerprint density at radius 1 is 1.39 bits per heavy atom. The Balaban J connectivity index is 2.58. The molecule has 0 radical (unpaired) electrons. The Morgan fingerprint density at radius 2 is 2.09 bits per heavy atom. The van der Waals surface area contributed by atoms with Crippen molar-refractivity contribution in [2.45, 2.75) is 46.2 Å². The van der Waals surface area contributed by atoms with Crippen LogP contribution in [0.2, 0.25) is 5.02 Å². The largest absolute Gasteiger partial charge is 0.336 e. The molecule has 2 aromatic rings. The quantitative estimate of drug-likeness (QED) is 0.841. The molecule has 23 heavy (non-hydrogen) atoms. The van der Waals surface area contributed by atoms with Gasteiger partial charge in [-0.25, -0.2) is 4.98 Å². The molecular formula is C17H22ClN3O2. The molecule has 0 saturated heterocycles. The predicted octanol–water partition coefficient (Wildman–Crippen LogP) is 3.39. The second kappa shape index (κ2) is 7.13. The Morgan fingerprint density at radius 3 is 2.70 bits per heavy atom. The Labute approximate surface area is 140 Å². The molecule has 1 heterocycles. The van der Waals surface area contributed by atoms with E-state index in [4.69, 9.17) is 11.6 Å². The minimum atomic E-state index is -0.287. The molecule has 1 aromatic carbocycles. The standard InChI is InChI=1S/C17H22ClN3O2/c1-5-7-15(22)20(4)11(3)16-19-14-10-12(18)8-9-13(14)17(23)21(16)6-2/h8-11H,5-7H2,1-4H3. The van der Waals surface area contributed by atoms with Gasteiger partial charge in [0, 0.05) is 25.0 Å². The summed E-state index contributed by atoms with van der Waals surface area (Å²) in [4.78, 5) is 31.1. The van der Waals surface area contributed by atoms with E-state index in [1.54, 1.807) is 34.7 Å². The van der Waals surface area contributed by atoms with Crippen LogP contribution < -0.4 is 5.56 Å². The lowest BCUT2D eigenvalue weighted by Crippen LogP contribution is -2.35. The van der Waals surface area contributed by atoms with Gasteiger partial charge in [-0.1, -0.05) is 18.5 Å². The lowest BCUT2D eigenvalue weighted by molar-refractivity contribution is -0.132. The lowest BCUT2D eigenvalue weighted by Gasteiger charge is -2.26. The summed E-state index contributed by atoms with van der Waals surface area (Å²) in [6, 6.07) is 4.78. The van der Waals surface area contributed by atoms with Gasteiger partial charge in [-0.2, -0.15) is 0 Å². The maximum atomic E-state index is 12.7. The van der Waals surface area contributed by atoms with E-state index >= 15 is 0 Å². The van der Waals surface area contributed by atoms with E-state index in [-0.39, 0.29) is 17.5 Å². The van der Waals surface area contributed by atoms with Crippen molar-refractivity contribution in [3.63, 3.8) is 0 Å². The normalized spacial score (nSPS) is 12.4. The fraction of sp³-hybridized carbons (Fsp3) is 0.471. The summed E-state index contributed by atoms with van der Waals surface area (Å²) in [5.41, 5.74) is 0.456. The minimum absolute atomic E-state index is 0.0445. The van der Waals surface area contributed by atoms with Gasteiger partial charge < -0.3 is 4.90 Å². The molecule has 0 spiro atoms. The smallest absolute Gasteiger partial charge is 0.261 e. The summed E-state index contributed by atoms with van der Waals surface area (Å²) in [6.07, 6.45) is 1.27. The third-order valence-electron chi connectivity index (χ3n) is 4.07. The van der Waals surface area contributed by atoms with Crippen LogP contribution in [0.3, 0.4) is 0 Å². The number of hydrogen-bond donors (Lipinski definition) is 0. The second-order valence-corrected chi connectivity index (χ2v) is 6.05. The maximum absolute atomic E-state index is 12.7. The van der Waals surface area contributed by atoms with E-state index in [1.807, 2.05) is 20.8 Å². The highest BCUT2D eigenvalue weighted by Gasteiger charge is 2.22. The molecule has 1 amide bonds. The summed E-state index contributed by atoms with van der Waals surface area (Å²) in [6.45, 7) is 6.25. The number of aromatic nitrogens is 2. The third-order valence-corrected chi connectivity index (χ3v) is 4.31. The first-order chi connectivity index (χ1) is 10.9. The average molecular weight is 336 g/mol. The zero-order valence-corrected chi connectivity index (χ0v) is 14.7. The van der Waals surface area contributed by atoms with Gasteiger partial charge in [0.2, 0.25) is 5.91 Å². The molecule has 0 aliphatic heterocycles. The SMILES string of the molecule is CCCC(=O)N(C)C(C)c1nc2cc(Cl)ccc2c(=O)n1CC. The van der Waals surface area contributed by atoms with Gasteiger partial charge in [0.15, 0.2) is 0 Å². The average Bonchev–Trinajstić information content (AvgIpc) is 2.53. The van der Waals surface area contributed by atoms with Crippen molar-refractivity contribution in [3.8, 4) is 0 Å². The highest BCUT2D eigenvalue weighted by atomic mass is 35.5. The summed E-state index contributed by atoms with van der Waals surface area (Å²) >= 11 is 6.02. The van der Waals surface area contributed by atoms with Crippen LogP contribution in [0.1, 0.15) is 45.5 Å². The molecule has 1 aromatic heterocycles. The van der Waals surface area contributed by atoms with E-state index in [0.717, 1.165) is 6.42 Å². The highest BCUT2D eigenvalue weighted by Crippen LogP contribution is 2.21. The third kappa shape index (κ3) is 3.39. The molecule has 0 saturated carbocycles. The van der Waals surface area contributed by atoms with Crippen LogP contribution in [-0.4, -0.2) is 27.4 Å². The molecule has 0 bridgehead atoms. The molecule has 6 heteroatoms. The molecule has 0 fully saturated rings. The number of carbonyl (C=O) groups is 1. The predicted molar refractivity (Wildman–Crippen MR) is 92.8 cm³/mol. The molecule has 0 aliphatic rings. The first-order valence-electron chi connectivity index (χ1n) is 7.86. The molecule has 1 unspecified atom stereocenters. The van der Waals surface area contributed by atoms with Crippen molar-refractivity contribution < 1.29 is 4.79 Å². The number of halogens is 1. The van der Waals surface area contributed by atoms with Crippen LogP contribution >= 0.6 is 11.6 Å². The molecule has 5 nitrogen and oxygen atoms in total. The van der Waals surface area contributed by atoms with Gasteiger partial charge in [-0.3, -0.25) is 14.2 Å². The van der Waals surface area contributed by atoms with Crippen molar-refractivity contribution in [3.05, 3.63) is 39.4 Å². The molecule has 2 rings (SSSR count). The van der Waals surface area contributed by atoms with Gasteiger partial charge in [0.05, 0.1) is 16.9 Å². The van der Waals surface area contributed by atoms with E-state index in [2.05, 4.69) is 4.98 Å². The van der Waals surface area contributed by atoms with Crippen LogP contribution in [0.4, 0.5) is 0 Å². The Kier molecular flexibility index (Phi) is 5.42. The Bertz CT molecular complexity index is 785. The van der Waals surface area contributed by atoms with E-state index < -0.39 is 0 Å². The number of carbonyl (C=O) groups excluding carboxylic acids is 1. The first-order valence-corrected chi connectivity index (χ1v) is 8.24. The van der Waals surface area contributed by atoms with Crippen LogP contribution in [0.25, 0.3) is 10.9 Å². The summed E-state index contributed by atoms with van der Waals surface area (Å²) < 4.78 is 1.62. The first kappa shape index (κ1) is 17.5. The molecule has 0 aliphatic carbocycles. The van der Waals surface area contributed by atoms with Gasteiger partial charge in [-0.05, 0) is 38.5 Å². The number of fused-ring (bicyclic) bond motifs is 1. The number of hydrogen-bond acceptors (Lipinski definition) is 3. The summed E-state index contributed by atoms with van der Waals surface area (Å²) in [5.74, 6) is 0.627. The van der Waals surface area contributed by atoms with Crippen LogP contribution in [0.5, 0.6) is 0 Å². The Hall–Kier alpha value is -1.88. The van der Waals surface area contributed by atoms with E-state index in [9.17, 15) is 9.59 Å². The van der Waals surface area contributed by atoms with Gasteiger partial charge in [0.1, 0.15) is 5.82 Å². The minimum Gasteiger partial charge on any atom is -0.336 e. The van der Waals surface area contributed by atoms with Gasteiger partial charge in [-0.15, -0.1) is 0 Å². The molecule has 1 atom stereocenters. The topological polar surface area (TPSA) is 55.2 Å². The monoisotopic (exact) mass is 335 g/mol. The fourth-order valence-electron chi connectivity index (χ4n) is 2.62. The van der Waals surface area contributed by atoms with Crippen LogP contribution in [0.15, 0.2) is 23.0 Å². The second-order valence-electron chi connectivity index (χ2n) is 5.61. The van der Waals surface area contributed by atoms with Crippen LogP contribution in [0, 0.1) is 0 Å². The lowest BCUT2D eigenvalue weighted by atomic mass is 10.2. The van der Waals surface area contributed by atoms with Crippen molar-refractivity contribution in [2.75, 3.05) is 7.05 Å². The van der Waals surface area contributed by atoms with Crippen LogP contribution in [-0.2, 0) is 11.3 Å². The van der Waals surface area contributed by atoms with Crippen molar-refractivity contribution in [1.82, 2.24) is 14.5 Å². The summed E-state index contributed by atoms with van der Waals surface area (Å²) in [7, 11) is 1.75. The van der Waals surface area contributed by atoms with E-state index in [0.29, 0.717) is 34.7 Å². The molecular weight excluding hydrogens is 314 g/mol. The van der Waals surface area contributed by atoms with Crippen molar-refractivity contribution in [1.29, 1.82) is 0 Å². The van der Waals surface area contributed by atoms with Crippen molar-refractivity contribution >= 4 is 28.4 Å². The molecule has 0 N–H and O–H groups in total. The summed E-state index contributed by atoms with van der Waals surface area (Å²) in [5, 5.41) is 1.07. The molecule has 124 valence electrons. The number of benzene rings is 1. The van der Waals surface area contributed by atoms with Gasteiger partial charge in [0.25, 0.3) is 5.56 Å². The fourth-order valence-corrected chi connectivity index (χ4v) is 2.78. The number of amides is 1. The zero-order chi connectivity index (χ0) is 17.1. The van der Waals surface area contributed by atoms with Crippen molar-refractivity contribution in [2.24, 2.45) is 0 Å².